The molecular formula is C12H16ClNO2. The van der Waals surface area contributed by atoms with Gasteiger partial charge in [0.2, 0.25) is 0 Å². The second-order valence-corrected chi connectivity index (χ2v) is 4.26. The highest BCUT2D eigenvalue weighted by Crippen LogP contribution is 2.20. The van der Waals surface area contributed by atoms with Crippen molar-refractivity contribution >= 4 is 23.3 Å². The van der Waals surface area contributed by atoms with Gasteiger partial charge in [0.25, 0.3) is 0 Å². The maximum Gasteiger partial charge on any atom is 0.338 e. The number of esters is 1. The normalized spacial score (nSPS) is 12.2. The van der Waals surface area contributed by atoms with E-state index < -0.39 is 0 Å². The number of ether oxygens (including phenoxy) is 1. The zero-order valence-corrected chi connectivity index (χ0v) is 10.3. The van der Waals surface area contributed by atoms with Crippen LogP contribution in [0.25, 0.3) is 0 Å². The maximum absolute atomic E-state index is 11.6. The minimum atomic E-state index is -0.358. The third kappa shape index (κ3) is 3.42. The minimum absolute atomic E-state index is 0.358. The number of nitrogen functional groups attached to an aromatic ring is 1. The summed E-state index contributed by atoms with van der Waals surface area (Å²) in [5.74, 6) is 0.0114. The van der Waals surface area contributed by atoms with E-state index in [1.165, 1.54) is 6.07 Å². The van der Waals surface area contributed by atoms with Crippen LogP contribution in [-0.2, 0) is 4.74 Å². The summed E-state index contributed by atoms with van der Waals surface area (Å²) in [6.45, 7) is 4.51. The molecular weight excluding hydrogens is 226 g/mol. The molecule has 16 heavy (non-hydrogen) atoms. The van der Waals surface area contributed by atoms with Gasteiger partial charge in [-0.1, -0.05) is 31.9 Å². The van der Waals surface area contributed by atoms with E-state index in [9.17, 15) is 4.79 Å². The third-order valence-electron chi connectivity index (χ3n) is 2.43. The SMILES string of the molecule is CCC(C)COC(=O)c1ccc(Cl)c(N)c1. The molecule has 0 saturated carbocycles. The highest BCUT2D eigenvalue weighted by molar-refractivity contribution is 6.33. The van der Waals surface area contributed by atoms with Crippen LogP contribution in [0.3, 0.4) is 0 Å². The van der Waals surface area contributed by atoms with Crippen molar-refractivity contribution in [2.24, 2.45) is 5.92 Å². The zero-order valence-electron chi connectivity index (χ0n) is 9.50. The van der Waals surface area contributed by atoms with Gasteiger partial charge in [-0.15, -0.1) is 0 Å². The molecule has 3 nitrogen and oxygen atoms in total. The van der Waals surface area contributed by atoms with Crippen molar-refractivity contribution < 1.29 is 9.53 Å². The monoisotopic (exact) mass is 241 g/mol. The quantitative estimate of drug-likeness (QED) is 0.651. The van der Waals surface area contributed by atoms with Crippen LogP contribution in [0, 0.1) is 5.92 Å². The van der Waals surface area contributed by atoms with Gasteiger partial charge in [-0.2, -0.15) is 0 Å². The maximum atomic E-state index is 11.6. The predicted octanol–water partition coefficient (Wildman–Crippen LogP) is 3.13. The van der Waals surface area contributed by atoms with Crippen molar-refractivity contribution in [1.29, 1.82) is 0 Å². The molecule has 1 aromatic rings. The summed E-state index contributed by atoms with van der Waals surface area (Å²) >= 11 is 5.76. The van der Waals surface area contributed by atoms with E-state index in [2.05, 4.69) is 6.92 Å². The average Bonchev–Trinajstić information content (AvgIpc) is 2.29. The molecule has 0 fully saturated rings. The molecule has 0 bridgehead atoms. The molecule has 0 saturated heterocycles. The minimum Gasteiger partial charge on any atom is -0.462 e. The molecule has 1 aromatic carbocycles. The van der Waals surface area contributed by atoms with Gasteiger partial charge in [0, 0.05) is 0 Å². The fourth-order valence-electron chi connectivity index (χ4n) is 1.09. The molecule has 0 amide bonds. The molecule has 0 aliphatic heterocycles. The molecule has 1 atom stereocenters. The summed E-state index contributed by atoms with van der Waals surface area (Å²) in [5, 5.41) is 0.443. The molecule has 0 aliphatic carbocycles. The van der Waals surface area contributed by atoms with Crippen LogP contribution in [-0.4, -0.2) is 12.6 Å². The molecule has 0 spiro atoms. The van der Waals surface area contributed by atoms with Gasteiger partial charge in [-0.25, -0.2) is 4.79 Å². The van der Waals surface area contributed by atoms with Crippen molar-refractivity contribution in [3.63, 3.8) is 0 Å². The lowest BCUT2D eigenvalue weighted by Gasteiger charge is -2.10. The number of rotatable bonds is 4. The Morgan fingerprint density at radius 2 is 2.25 bits per heavy atom. The first-order chi connectivity index (χ1) is 7.54. The molecule has 1 unspecified atom stereocenters. The Labute approximate surface area is 101 Å². The number of hydrogen-bond donors (Lipinski definition) is 1. The predicted molar refractivity (Wildman–Crippen MR) is 65.6 cm³/mol. The van der Waals surface area contributed by atoms with Crippen LogP contribution in [0.1, 0.15) is 30.6 Å². The number of nitrogens with two attached hydrogens (primary N) is 1. The summed E-state index contributed by atoms with van der Waals surface area (Å²) in [7, 11) is 0. The molecule has 0 aliphatic rings. The average molecular weight is 242 g/mol. The molecule has 4 heteroatoms. The van der Waals surface area contributed by atoms with Crippen LogP contribution < -0.4 is 5.73 Å². The second-order valence-electron chi connectivity index (χ2n) is 3.85. The van der Waals surface area contributed by atoms with Crippen LogP contribution in [0.5, 0.6) is 0 Å². The first kappa shape index (κ1) is 12.8. The number of anilines is 1. The van der Waals surface area contributed by atoms with Crippen LogP contribution in [0.2, 0.25) is 5.02 Å². The smallest absolute Gasteiger partial charge is 0.338 e. The van der Waals surface area contributed by atoms with Crippen LogP contribution in [0.4, 0.5) is 5.69 Å². The van der Waals surface area contributed by atoms with E-state index >= 15 is 0 Å². The van der Waals surface area contributed by atoms with Crippen molar-refractivity contribution in [1.82, 2.24) is 0 Å². The summed E-state index contributed by atoms with van der Waals surface area (Å²) in [4.78, 5) is 11.6. The van der Waals surface area contributed by atoms with Crippen molar-refractivity contribution in [2.45, 2.75) is 20.3 Å². The van der Waals surface area contributed by atoms with E-state index in [4.69, 9.17) is 22.1 Å². The molecule has 0 heterocycles. The number of carbonyl (C=O) groups excluding carboxylic acids is 1. The lowest BCUT2D eigenvalue weighted by atomic mass is 10.1. The Hall–Kier alpha value is -1.22. The number of benzene rings is 1. The zero-order chi connectivity index (χ0) is 12.1. The highest BCUT2D eigenvalue weighted by atomic mass is 35.5. The van der Waals surface area contributed by atoms with E-state index in [1.54, 1.807) is 12.1 Å². The van der Waals surface area contributed by atoms with Gasteiger partial charge in [-0.3, -0.25) is 0 Å². The van der Waals surface area contributed by atoms with E-state index in [0.717, 1.165) is 6.42 Å². The van der Waals surface area contributed by atoms with E-state index in [0.29, 0.717) is 28.8 Å². The topological polar surface area (TPSA) is 52.3 Å². The summed E-state index contributed by atoms with van der Waals surface area (Å²) < 4.78 is 5.14. The van der Waals surface area contributed by atoms with Crippen molar-refractivity contribution in [3.05, 3.63) is 28.8 Å². The fourth-order valence-corrected chi connectivity index (χ4v) is 1.21. The van der Waals surface area contributed by atoms with E-state index in [-0.39, 0.29) is 5.97 Å². The van der Waals surface area contributed by atoms with Gasteiger partial charge >= 0.3 is 5.97 Å². The molecule has 88 valence electrons. The lowest BCUT2D eigenvalue weighted by Crippen LogP contribution is -2.11. The Morgan fingerprint density at radius 1 is 1.56 bits per heavy atom. The van der Waals surface area contributed by atoms with Gasteiger partial charge in [0.05, 0.1) is 22.9 Å². The standard InChI is InChI=1S/C12H16ClNO2/c1-3-8(2)7-16-12(15)9-4-5-10(13)11(14)6-9/h4-6,8H,3,7,14H2,1-2H3. The Bertz CT molecular complexity index is 379. The number of halogens is 1. The van der Waals surface area contributed by atoms with Crippen LogP contribution in [0.15, 0.2) is 18.2 Å². The van der Waals surface area contributed by atoms with Gasteiger partial charge in [0.15, 0.2) is 0 Å². The van der Waals surface area contributed by atoms with Gasteiger partial charge in [-0.05, 0) is 24.1 Å². The summed E-state index contributed by atoms with van der Waals surface area (Å²) in [6, 6.07) is 4.73. The molecule has 1 rings (SSSR count). The van der Waals surface area contributed by atoms with Crippen LogP contribution >= 0.6 is 11.6 Å². The van der Waals surface area contributed by atoms with Gasteiger partial charge in [0.1, 0.15) is 0 Å². The first-order valence-corrected chi connectivity index (χ1v) is 5.64. The highest BCUT2D eigenvalue weighted by Gasteiger charge is 2.10. The summed E-state index contributed by atoms with van der Waals surface area (Å²) in [6.07, 6.45) is 0.982. The number of hydrogen-bond acceptors (Lipinski definition) is 3. The lowest BCUT2D eigenvalue weighted by molar-refractivity contribution is 0.0447. The summed E-state index contributed by atoms with van der Waals surface area (Å²) in [5.41, 5.74) is 6.42. The van der Waals surface area contributed by atoms with E-state index in [1.807, 2.05) is 6.92 Å². The largest absolute Gasteiger partial charge is 0.462 e. The fraction of sp³-hybridized carbons (Fsp3) is 0.417. The van der Waals surface area contributed by atoms with Crippen molar-refractivity contribution in [2.75, 3.05) is 12.3 Å². The Morgan fingerprint density at radius 3 is 2.81 bits per heavy atom. The Kier molecular flexibility index (Phi) is 4.62. The first-order valence-electron chi connectivity index (χ1n) is 5.26. The second kappa shape index (κ2) is 5.75. The third-order valence-corrected chi connectivity index (χ3v) is 2.77. The molecule has 0 aromatic heterocycles. The Balaban J connectivity index is 2.63. The number of carbonyl (C=O) groups is 1. The molecule has 0 radical (unpaired) electrons. The van der Waals surface area contributed by atoms with Crippen molar-refractivity contribution in [3.8, 4) is 0 Å². The molecule has 2 N–H and O–H groups in total. The van der Waals surface area contributed by atoms with Gasteiger partial charge < -0.3 is 10.5 Å².